The number of benzene rings is 3. The Bertz CT molecular complexity index is 1020. The summed E-state index contributed by atoms with van der Waals surface area (Å²) in [6, 6.07) is 22.2. The van der Waals surface area contributed by atoms with Crippen LogP contribution >= 0.6 is 11.6 Å². The maximum atomic E-state index is 13.4. The number of para-hydroxylation sites is 1. The van der Waals surface area contributed by atoms with Gasteiger partial charge >= 0.3 is 0 Å². The van der Waals surface area contributed by atoms with E-state index in [0.29, 0.717) is 5.02 Å². The molecule has 0 spiro atoms. The molecule has 2 heterocycles. The fraction of sp³-hybridized carbons (Fsp3) is 0.136. The molecule has 3 aromatic carbocycles. The SMILES string of the molecule is Fc1ccc([C@@H]2Oc3ccccc3[C@H]3CC(c4ccc(Cl)cc4)=NN32)cc1. The Hall–Kier alpha value is -2.85. The van der Waals surface area contributed by atoms with E-state index in [1.165, 1.54) is 12.1 Å². The van der Waals surface area contributed by atoms with E-state index in [4.69, 9.17) is 21.4 Å². The molecule has 0 bridgehead atoms. The van der Waals surface area contributed by atoms with Crippen molar-refractivity contribution in [3.8, 4) is 5.75 Å². The smallest absolute Gasteiger partial charge is 0.213 e. The van der Waals surface area contributed by atoms with Gasteiger partial charge in [0.2, 0.25) is 6.23 Å². The Balaban J connectivity index is 1.58. The van der Waals surface area contributed by atoms with Gasteiger partial charge in [-0.15, -0.1) is 0 Å². The van der Waals surface area contributed by atoms with E-state index < -0.39 is 6.23 Å². The largest absolute Gasteiger partial charge is 0.464 e. The molecule has 0 amide bonds. The highest BCUT2D eigenvalue weighted by Crippen LogP contribution is 2.47. The molecule has 0 saturated carbocycles. The zero-order valence-electron chi connectivity index (χ0n) is 14.3. The monoisotopic (exact) mass is 378 g/mol. The molecule has 134 valence electrons. The fourth-order valence-electron chi connectivity index (χ4n) is 3.70. The van der Waals surface area contributed by atoms with Crippen molar-refractivity contribution in [3.63, 3.8) is 0 Å². The van der Waals surface area contributed by atoms with Crippen LogP contribution in [0.1, 0.15) is 35.4 Å². The Morgan fingerprint density at radius 1 is 0.963 bits per heavy atom. The van der Waals surface area contributed by atoms with Gasteiger partial charge < -0.3 is 4.74 Å². The maximum absolute atomic E-state index is 13.4. The maximum Gasteiger partial charge on any atom is 0.213 e. The first-order valence-corrected chi connectivity index (χ1v) is 9.19. The molecular weight excluding hydrogens is 363 g/mol. The van der Waals surface area contributed by atoms with Crippen molar-refractivity contribution in [3.05, 3.63) is 100 Å². The van der Waals surface area contributed by atoms with E-state index in [0.717, 1.165) is 34.6 Å². The van der Waals surface area contributed by atoms with Gasteiger partial charge in [0.05, 0.1) is 11.8 Å². The summed E-state index contributed by atoms with van der Waals surface area (Å²) < 4.78 is 19.6. The van der Waals surface area contributed by atoms with Crippen LogP contribution in [-0.4, -0.2) is 10.7 Å². The Labute approximate surface area is 161 Å². The minimum atomic E-state index is -0.393. The molecular formula is C22H16ClFN2O. The van der Waals surface area contributed by atoms with Crippen molar-refractivity contribution in [1.29, 1.82) is 0 Å². The lowest BCUT2D eigenvalue weighted by Crippen LogP contribution is -2.33. The second kappa shape index (κ2) is 6.39. The quantitative estimate of drug-likeness (QED) is 0.569. The third kappa shape index (κ3) is 2.86. The summed E-state index contributed by atoms with van der Waals surface area (Å²) in [7, 11) is 0. The van der Waals surface area contributed by atoms with Gasteiger partial charge in [-0.3, -0.25) is 0 Å². The second-order valence-corrected chi connectivity index (χ2v) is 7.15. The Morgan fingerprint density at radius 2 is 1.70 bits per heavy atom. The van der Waals surface area contributed by atoms with E-state index in [2.05, 4.69) is 6.07 Å². The van der Waals surface area contributed by atoms with E-state index in [-0.39, 0.29) is 11.9 Å². The van der Waals surface area contributed by atoms with Crippen LogP contribution in [0.25, 0.3) is 0 Å². The van der Waals surface area contributed by atoms with Crippen molar-refractivity contribution >= 4 is 17.3 Å². The van der Waals surface area contributed by atoms with Gasteiger partial charge in [0.15, 0.2) is 0 Å². The van der Waals surface area contributed by atoms with Gasteiger partial charge in [-0.1, -0.05) is 54.1 Å². The van der Waals surface area contributed by atoms with E-state index in [1.807, 2.05) is 47.5 Å². The lowest BCUT2D eigenvalue weighted by atomic mass is 9.96. The van der Waals surface area contributed by atoms with Crippen LogP contribution in [-0.2, 0) is 0 Å². The van der Waals surface area contributed by atoms with Crippen LogP contribution in [0.3, 0.4) is 0 Å². The van der Waals surface area contributed by atoms with Crippen molar-refractivity contribution in [1.82, 2.24) is 5.01 Å². The van der Waals surface area contributed by atoms with Gasteiger partial charge in [0.25, 0.3) is 0 Å². The molecule has 27 heavy (non-hydrogen) atoms. The van der Waals surface area contributed by atoms with Gasteiger partial charge in [0.1, 0.15) is 11.6 Å². The van der Waals surface area contributed by atoms with Gasteiger partial charge in [-0.2, -0.15) is 5.10 Å². The summed E-state index contributed by atoms with van der Waals surface area (Å²) >= 11 is 6.02. The molecule has 0 aliphatic carbocycles. The number of rotatable bonds is 2. The van der Waals surface area contributed by atoms with Crippen molar-refractivity contribution in [2.75, 3.05) is 0 Å². The number of hydrazone groups is 1. The molecule has 2 aliphatic rings. The number of fused-ring (bicyclic) bond motifs is 3. The molecule has 0 saturated heterocycles. The molecule has 5 rings (SSSR count). The first kappa shape index (κ1) is 16.3. The molecule has 2 aliphatic heterocycles. The summed E-state index contributed by atoms with van der Waals surface area (Å²) in [5, 5.41) is 7.56. The molecule has 0 unspecified atom stereocenters. The average Bonchev–Trinajstić information content (AvgIpc) is 3.14. The van der Waals surface area contributed by atoms with Crippen LogP contribution in [0.5, 0.6) is 5.75 Å². The summed E-state index contributed by atoms with van der Waals surface area (Å²) in [6.45, 7) is 0. The summed E-state index contributed by atoms with van der Waals surface area (Å²) in [5.41, 5.74) is 4.02. The minimum absolute atomic E-state index is 0.0793. The molecule has 0 radical (unpaired) electrons. The molecule has 5 heteroatoms. The van der Waals surface area contributed by atoms with Crippen molar-refractivity contribution in [2.24, 2.45) is 5.10 Å². The molecule has 0 fully saturated rings. The summed E-state index contributed by atoms with van der Waals surface area (Å²) in [5.74, 6) is 0.582. The lowest BCUT2D eigenvalue weighted by Gasteiger charge is -2.38. The average molecular weight is 379 g/mol. The van der Waals surface area contributed by atoms with Crippen molar-refractivity contribution < 1.29 is 9.13 Å². The van der Waals surface area contributed by atoms with Gasteiger partial charge in [0, 0.05) is 22.6 Å². The fourth-order valence-corrected chi connectivity index (χ4v) is 3.82. The van der Waals surface area contributed by atoms with Gasteiger partial charge in [-0.25, -0.2) is 9.40 Å². The van der Waals surface area contributed by atoms with Crippen molar-refractivity contribution in [2.45, 2.75) is 18.7 Å². The number of hydrogen-bond acceptors (Lipinski definition) is 3. The first-order chi connectivity index (χ1) is 13.2. The van der Waals surface area contributed by atoms with Crippen LogP contribution in [0, 0.1) is 5.82 Å². The highest BCUT2D eigenvalue weighted by molar-refractivity contribution is 6.30. The highest BCUT2D eigenvalue weighted by Gasteiger charge is 2.40. The number of hydrogen-bond donors (Lipinski definition) is 0. The van der Waals surface area contributed by atoms with Crippen LogP contribution < -0.4 is 4.74 Å². The normalized spacial score (nSPS) is 20.5. The topological polar surface area (TPSA) is 24.8 Å². The zero-order chi connectivity index (χ0) is 18.4. The molecule has 0 N–H and O–H groups in total. The van der Waals surface area contributed by atoms with E-state index >= 15 is 0 Å². The third-order valence-electron chi connectivity index (χ3n) is 5.03. The zero-order valence-corrected chi connectivity index (χ0v) is 15.1. The highest BCUT2D eigenvalue weighted by atomic mass is 35.5. The Morgan fingerprint density at radius 3 is 2.48 bits per heavy atom. The van der Waals surface area contributed by atoms with Gasteiger partial charge in [-0.05, 0) is 35.9 Å². The summed E-state index contributed by atoms with van der Waals surface area (Å²) in [4.78, 5) is 0. The third-order valence-corrected chi connectivity index (χ3v) is 5.28. The molecule has 2 atom stereocenters. The molecule has 0 aromatic heterocycles. The Kier molecular flexibility index (Phi) is 3.87. The molecule has 3 nitrogen and oxygen atoms in total. The van der Waals surface area contributed by atoms with Crippen LogP contribution in [0.2, 0.25) is 5.02 Å². The second-order valence-electron chi connectivity index (χ2n) is 6.71. The lowest BCUT2D eigenvalue weighted by molar-refractivity contribution is -0.0190. The molecule has 3 aromatic rings. The summed E-state index contributed by atoms with van der Waals surface area (Å²) in [6.07, 6.45) is 0.384. The van der Waals surface area contributed by atoms with Crippen LogP contribution in [0.4, 0.5) is 4.39 Å². The first-order valence-electron chi connectivity index (χ1n) is 8.82. The predicted molar refractivity (Wildman–Crippen MR) is 103 cm³/mol. The van der Waals surface area contributed by atoms with E-state index in [1.54, 1.807) is 12.1 Å². The predicted octanol–water partition coefficient (Wildman–Crippen LogP) is 5.72. The number of halogens is 2. The number of nitrogens with zero attached hydrogens (tertiary/aromatic N) is 2. The standard InChI is InChI=1S/C22H16ClFN2O/c23-16-9-5-14(6-10-16)19-13-20-18-3-1-2-4-21(18)27-22(26(20)25-19)15-7-11-17(24)12-8-15/h1-12,20,22H,13H2/t20-,22+/m1/s1. The minimum Gasteiger partial charge on any atom is -0.464 e. The van der Waals surface area contributed by atoms with Crippen LogP contribution in [0.15, 0.2) is 77.9 Å². The number of ether oxygens (including phenoxy) is 1. The van der Waals surface area contributed by atoms with E-state index in [9.17, 15) is 4.39 Å².